The second-order valence-corrected chi connectivity index (χ2v) is 6.77. The van der Waals surface area contributed by atoms with Gasteiger partial charge in [0.05, 0.1) is 5.92 Å². The van der Waals surface area contributed by atoms with E-state index in [0.29, 0.717) is 32.7 Å². The number of nitrogens with zero attached hydrogens (tertiary/aromatic N) is 1. The second-order valence-electron chi connectivity index (χ2n) is 6.77. The first-order valence-corrected chi connectivity index (χ1v) is 9.29. The van der Waals surface area contributed by atoms with Crippen molar-refractivity contribution in [3.63, 3.8) is 0 Å². The molecule has 2 amide bonds. The van der Waals surface area contributed by atoms with Crippen molar-refractivity contribution in [3.8, 4) is 0 Å². The van der Waals surface area contributed by atoms with Crippen molar-refractivity contribution in [1.29, 1.82) is 0 Å². The molecule has 0 saturated carbocycles. The molecule has 0 radical (unpaired) electrons. The summed E-state index contributed by atoms with van der Waals surface area (Å²) in [6.45, 7) is 7.32. The fourth-order valence-corrected chi connectivity index (χ4v) is 2.89. The van der Waals surface area contributed by atoms with Crippen LogP contribution in [-0.2, 0) is 20.9 Å². The van der Waals surface area contributed by atoms with Gasteiger partial charge in [-0.15, -0.1) is 0 Å². The fraction of sp³-hybridized carbons (Fsp3) is 0.600. The van der Waals surface area contributed by atoms with Crippen LogP contribution in [0.15, 0.2) is 24.3 Å². The van der Waals surface area contributed by atoms with Crippen LogP contribution in [0.1, 0.15) is 43.7 Å². The number of aryl methyl sites for hydroxylation is 1. The molecular formula is C20H30N2O3. The predicted octanol–water partition coefficient (Wildman–Crippen LogP) is 2.67. The quantitative estimate of drug-likeness (QED) is 0.663. The summed E-state index contributed by atoms with van der Waals surface area (Å²) in [5, 5.41) is 2.93. The highest BCUT2D eigenvalue weighted by Crippen LogP contribution is 2.20. The van der Waals surface area contributed by atoms with Crippen molar-refractivity contribution >= 4 is 11.8 Å². The van der Waals surface area contributed by atoms with Crippen molar-refractivity contribution in [2.24, 2.45) is 5.92 Å². The number of hydrogen-bond donors (Lipinski definition) is 1. The molecule has 0 bridgehead atoms. The molecule has 0 aliphatic carbocycles. The summed E-state index contributed by atoms with van der Waals surface area (Å²) in [4.78, 5) is 26.2. The van der Waals surface area contributed by atoms with E-state index in [1.807, 2.05) is 31.2 Å². The minimum absolute atomic E-state index is 0.0201. The first-order valence-electron chi connectivity index (χ1n) is 9.29. The van der Waals surface area contributed by atoms with Gasteiger partial charge in [0, 0.05) is 39.3 Å². The molecule has 1 heterocycles. The largest absolute Gasteiger partial charge is 0.381 e. The SMILES string of the molecule is CCCCOCCCNC(=O)C1CC(=O)N(Cc2ccc(C)cc2)C1. The summed E-state index contributed by atoms with van der Waals surface area (Å²) in [5.74, 6) is -0.198. The van der Waals surface area contributed by atoms with Crippen molar-refractivity contribution in [1.82, 2.24) is 10.2 Å². The number of ether oxygens (including phenoxy) is 1. The Bertz CT molecular complexity index is 557. The first kappa shape index (κ1) is 19.4. The Morgan fingerprint density at radius 2 is 1.96 bits per heavy atom. The molecule has 1 unspecified atom stereocenters. The van der Waals surface area contributed by atoms with Gasteiger partial charge < -0.3 is 15.0 Å². The lowest BCUT2D eigenvalue weighted by molar-refractivity contribution is -0.129. The highest BCUT2D eigenvalue weighted by atomic mass is 16.5. The Morgan fingerprint density at radius 1 is 1.24 bits per heavy atom. The van der Waals surface area contributed by atoms with Crippen molar-refractivity contribution in [2.75, 3.05) is 26.3 Å². The summed E-state index contributed by atoms with van der Waals surface area (Å²) in [5.41, 5.74) is 2.30. The highest BCUT2D eigenvalue weighted by Gasteiger charge is 2.33. The molecule has 138 valence electrons. The summed E-state index contributed by atoms with van der Waals surface area (Å²) in [7, 11) is 0. The number of rotatable bonds is 10. The van der Waals surface area contributed by atoms with Gasteiger partial charge in [0.1, 0.15) is 0 Å². The molecule has 1 N–H and O–H groups in total. The van der Waals surface area contributed by atoms with Gasteiger partial charge in [-0.3, -0.25) is 9.59 Å². The van der Waals surface area contributed by atoms with Crippen LogP contribution in [0, 0.1) is 12.8 Å². The zero-order valence-electron chi connectivity index (χ0n) is 15.4. The third-order valence-corrected chi connectivity index (χ3v) is 4.49. The van der Waals surface area contributed by atoms with E-state index in [0.717, 1.165) is 31.4 Å². The number of nitrogens with one attached hydrogen (secondary N) is 1. The van der Waals surface area contributed by atoms with E-state index in [2.05, 4.69) is 12.2 Å². The fourth-order valence-electron chi connectivity index (χ4n) is 2.89. The molecule has 1 aromatic rings. The normalized spacial score (nSPS) is 17.1. The molecular weight excluding hydrogens is 316 g/mol. The maximum Gasteiger partial charge on any atom is 0.225 e. The minimum atomic E-state index is -0.237. The Hall–Kier alpha value is -1.88. The van der Waals surface area contributed by atoms with Crippen LogP contribution in [0.2, 0.25) is 0 Å². The van der Waals surface area contributed by atoms with E-state index in [1.54, 1.807) is 4.90 Å². The van der Waals surface area contributed by atoms with Gasteiger partial charge >= 0.3 is 0 Å². The van der Waals surface area contributed by atoms with Crippen molar-refractivity contribution < 1.29 is 14.3 Å². The minimum Gasteiger partial charge on any atom is -0.381 e. The number of carbonyl (C=O) groups is 2. The number of likely N-dealkylation sites (tertiary alicyclic amines) is 1. The van der Waals surface area contributed by atoms with Crippen LogP contribution >= 0.6 is 0 Å². The van der Waals surface area contributed by atoms with E-state index in [1.165, 1.54) is 5.56 Å². The Morgan fingerprint density at radius 3 is 2.68 bits per heavy atom. The molecule has 1 aliphatic rings. The summed E-state index contributed by atoms with van der Waals surface area (Å²) < 4.78 is 5.48. The molecule has 5 nitrogen and oxygen atoms in total. The predicted molar refractivity (Wildman–Crippen MR) is 98.1 cm³/mol. The van der Waals surface area contributed by atoms with Crippen molar-refractivity contribution in [3.05, 3.63) is 35.4 Å². The lowest BCUT2D eigenvalue weighted by atomic mass is 10.1. The molecule has 25 heavy (non-hydrogen) atoms. The average molecular weight is 346 g/mol. The van der Waals surface area contributed by atoms with Crippen LogP contribution in [0.25, 0.3) is 0 Å². The molecule has 2 rings (SSSR count). The van der Waals surface area contributed by atoms with Gasteiger partial charge in [-0.1, -0.05) is 43.2 Å². The van der Waals surface area contributed by atoms with Crippen LogP contribution in [-0.4, -0.2) is 43.0 Å². The molecule has 1 aliphatic heterocycles. The summed E-state index contributed by atoms with van der Waals surface area (Å²) >= 11 is 0. The van der Waals surface area contributed by atoms with E-state index in [4.69, 9.17) is 4.74 Å². The molecule has 5 heteroatoms. The number of hydrogen-bond acceptors (Lipinski definition) is 3. The van der Waals surface area contributed by atoms with Gasteiger partial charge in [0.15, 0.2) is 0 Å². The summed E-state index contributed by atoms with van der Waals surface area (Å²) in [6, 6.07) is 8.16. The van der Waals surface area contributed by atoms with Gasteiger partial charge in [-0.25, -0.2) is 0 Å². The second kappa shape index (κ2) is 10.2. The third-order valence-electron chi connectivity index (χ3n) is 4.49. The molecule has 0 aromatic heterocycles. The van der Waals surface area contributed by atoms with E-state index >= 15 is 0 Å². The lowest BCUT2D eigenvalue weighted by Gasteiger charge is -2.17. The highest BCUT2D eigenvalue weighted by molar-refractivity contribution is 5.89. The summed E-state index contributed by atoms with van der Waals surface area (Å²) in [6.07, 6.45) is 3.33. The monoisotopic (exact) mass is 346 g/mol. The van der Waals surface area contributed by atoms with E-state index < -0.39 is 0 Å². The van der Waals surface area contributed by atoms with Crippen LogP contribution in [0.5, 0.6) is 0 Å². The topological polar surface area (TPSA) is 58.6 Å². The molecule has 0 spiro atoms. The Labute approximate surface area is 150 Å². The van der Waals surface area contributed by atoms with Gasteiger partial charge in [-0.2, -0.15) is 0 Å². The number of amides is 2. The van der Waals surface area contributed by atoms with Crippen LogP contribution in [0.4, 0.5) is 0 Å². The number of carbonyl (C=O) groups excluding carboxylic acids is 2. The average Bonchev–Trinajstić information content (AvgIpc) is 2.97. The molecule has 1 saturated heterocycles. The molecule has 1 fully saturated rings. The Balaban J connectivity index is 1.68. The van der Waals surface area contributed by atoms with Crippen LogP contribution in [0.3, 0.4) is 0 Å². The maximum atomic E-state index is 12.2. The van der Waals surface area contributed by atoms with Crippen molar-refractivity contribution in [2.45, 2.75) is 46.1 Å². The lowest BCUT2D eigenvalue weighted by Crippen LogP contribution is -2.33. The number of benzene rings is 1. The third kappa shape index (κ3) is 6.50. The molecule has 1 aromatic carbocycles. The first-order chi connectivity index (χ1) is 12.1. The zero-order valence-corrected chi connectivity index (χ0v) is 15.4. The smallest absolute Gasteiger partial charge is 0.225 e. The maximum absolute atomic E-state index is 12.2. The molecule has 1 atom stereocenters. The Kier molecular flexibility index (Phi) is 7.92. The van der Waals surface area contributed by atoms with Gasteiger partial charge in [0.2, 0.25) is 11.8 Å². The zero-order chi connectivity index (χ0) is 18.1. The van der Waals surface area contributed by atoms with Gasteiger partial charge in [-0.05, 0) is 25.3 Å². The van der Waals surface area contributed by atoms with E-state index in [9.17, 15) is 9.59 Å². The van der Waals surface area contributed by atoms with Crippen LogP contribution < -0.4 is 5.32 Å². The standard InChI is InChI=1S/C20H30N2O3/c1-3-4-11-25-12-5-10-21-20(24)18-13-19(23)22(15-18)14-17-8-6-16(2)7-9-17/h6-9,18H,3-5,10-15H2,1-2H3,(H,21,24). The van der Waals surface area contributed by atoms with Gasteiger partial charge in [0.25, 0.3) is 0 Å². The van der Waals surface area contributed by atoms with E-state index in [-0.39, 0.29) is 17.7 Å². The number of unbranched alkanes of at least 4 members (excludes halogenated alkanes) is 1.